The molecule has 0 unspecified atom stereocenters. The molecule has 9 nitrogen and oxygen atoms in total. The number of hydrogen-bond donors (Lipinski definition) is 0. The molecule has 45 heavy (non-hydrogen) atoms. The highest BCUT2D eigenvalue weighted by atomic mass is 16.5. The van der Waals surface area contributed by atoms with Crippen LogP contribution >= 0.6 is 0 Å². The highest BCUT2D eigenvalue weighted by Crippen LogP contribution is 2.24. The van der Waals surface area contributed by atoms with Gasteiger partial charge in [0, 0.05) is 50.4 Å². The molecular formula is C36H42N6O3. The minimum absolute atomic E-state index is 0.0366. The zero-order chi connectivity index (χ0) is 31.6. The number of likely N-dealkylation sites (N-methyl/N-ethyl adjacent to an activating group) is 1. The van der Waals surface area contributed by atoms with Gasteiger partial charge < -0.3 is 24.3 Å². The smallest absolute Gasteiger partial charge is 0.254 e. The zero-order valence-corrected chi connectivity index (χ0v) is 26.4. The van der Waals surface area contributed by atoms with E-state index in [9.17, 15) is 9.59 Å². The van der Waals surface area contributed by atoms with Crippen LogP contribution in [0.2, 0.25) is 0 Å². The number of hydrogen-bond acceptors (Lipinski definition) is 7. The van der Waals surface area contributed by atoms with E-state index >= 15 is 0 Å². The zero-order valence-electron chi connectivity index (χ0n) is 26.4. The van der Waals surface area contributed by atoms with Crippen molar-refractivity contribution >= 4 is 17.6 Å². The topological polar surface area (TPSA) is 82.1 Å². The van der Waals surface area contributed by atoms with Crippen LogP contribution in [-0.4, -0.2) is 103 Å². The van der Waals surface area contributed by atoms with Crippen molar-refractivity contribution in [3.05, 3.63) is 96.6 Å². The molecule has 0 atom stereocenters. The third kappa shape index (κ3) is 8.05. The molecule has 1 aromatic heterocycles. The van der Waals surface area contributed by atoms with Gasteiger partial charge in [0.15, 0.2) is 5.82 Å². The summed E-state index contributed by atoms with van der Waals surface area (Å²) in [4.78, 5) is 34.9. The van der Waals surface area contributed by atoms with E-state index in [4.69, 9.17) is 4.74 Å². The molecule has 0 spiro atoms. The summed E-state index contributed by atoms with van der Waals surface area (Å²) in [6, 6.07) is 29.7. The van der Waals surface area contributed by atoms with E-state index in [2.05, 4.69) is 70.2 Å². The monoisotopic (exact) mass is 606 g/mol. The first-order valence-electron chi connectivity index (χ1n) is 15.7. The second-order valence-corrected chi connectivity index (χ2v) is 11.1. The van der Waals surface area contributed by atoms with Crippen molar-refractivity contribution in [2.45, 2.75) is 13.8 Å². The fourth-order valence-corrected chi connectivity index (χ4v) is 5.55. The molecular weight excluding hydrogens is 564 g/mol. The summed E-state index contributed by atoms with van der Waals surface area (Å²) in [6.07, 6.45) is 0. The number of rotatable bonds is 12. The predicted molar refractivity (Wildman–Crippen MR) is 178 cm³/mol. The Labute approximate surface area is 266 Å². The molecule has 0 radical (unpaired) electrons. The van der Waals surface area contributed by atoms with Gasteiger partial charge in [0.1, 0.15) is 12.3 Å². The molecule has 0 aliphatic carbocycles. The molecule has 2 amide bonds. The van der Waals surface area contributed by atoms with Gasteiger partial charge >= 0.3 is 0 Å². The van der Waals surface area contributed by atoms with E-state index in [1.807, 2.05) is 41.3 Å². The molecule has 0 bridgehead atoms. The summed E-state index contributed by atoms with van der Waals surface area (Å²) in [7, 11) is 1.58. The van der Waals surface area contributed by atoms with Gasteiger partial charge in [-0.1, -0.05) is 74.5 Å². The number of carbonyl (C=O) groups excluding carboxylic acids is 2. The Morgan fingerprint density at radius 3 is 2.09 bits per heavy atom. The van der Waals surface area contributed by atoms with Crippen LogP contribution < -0.4 is 9.64 Å². The molecule has 0 saturated carbocycles. The maximum absolute atomic E-state index is 13.5. The first-order valence-corrected chi connectivity index (χ1v) is 15.7. The van der Waals surface area contributed by atoms with E-state index in [1.165, 1.54) is 5.56 Å². The first kappa shape index (κ1) is 31.7. The largest absolute Gasteiger partial charge is 0.497 e. The second-order valence-electron chi connectivity index (χ2n) is 11.1. The average molecular weight is 607 g/mol. The standard InChI is InChI=1S/C36H42N6O3/c1-4-39(5-2)20-21-42(36(44)31-12-9-13-32(26-31)45-3)27-35(43)41-24-22-40(23-25-41)34-19-18-33(37-38-34)30-16-14-29(15-17-30)28-10-7-6-8-11-28/h6-19,26H,4-5,20-25,27H2,1-3H3. The molecule has 2 heterocycles. The van der Waals surface area contributed by atoms with Crippen molar-refractivity contribution in [1.29, 1.82) is 0 Å². The number of piperazine rings is 1. The van der Waals surface area contributed by atoms with Crippen molar-refractivity contribution in [3.63, 3.8) is 0 Å². The fourth-order valence-electron chi connectivity index (χ4n) is 5.55. The Bertz CT molecular complexity index is 1530. The second kappa shape index (κ2) is 15.3. The molecule has 4 aromatic rings. The number of amides is 2. The SMILES string of the molecule is CCN(CC)CCN(CC(=O)N1CCN(c2ccc(-c3ccc(-c4ccccc4)cc3)nn2)CC1)C(=O)c1cccc(OC)c1. The number of carbonyl (C=O) groups is 2. The average Bonchev–Trinajstić information content (AvgIpc) is 3.11. The van der Waals surface area contributed by atoms with Crippen molar-refractivity contribution in [2.24, 2.45) is 0 Å². The van der Waals surface area contributed by atoms with Crippen LogP contribution in [0, 0.1) is 0 Å². The van der Waals surface area contributed by atoms with Crippen molar-refractivity contribution in [2.75, 3.05) is 70.9 Å². The van der Waals surface area contributed by atoms with Crippen molar-refractivity contribution in [1.82, 2.24) is 24.9 Å². The highest BCUT2D eigenvalue weighted by Gasteiger charge is 2.26. The van der Waals surface area contributed by atoms with E-state index in [0.717, 1.165) is 35.7 Å². The molecule has 9 heteroatoms. The van der Waals surface area contributed by atoms with Gasteiger partial charge in [0.05, 0.1) is 12.8 Å². The van der Waals surface area contributed by atoms with Gasteiger partial charge in [-0.2, -0.15) is 0 Å². The highest BCUT2D eigenvalue weighted by molar-refractivity contribution is 5.97. The number of methoxy groups -OCH3 is 1. The first-order chi connectivity index (χ1) is 22.0. The van der Waals surface area contributed by atoms with E-state index in [0.29, 0.717) is 50.6 Å². The Balaban J connectivity index is 1.18. The van der Waals surface area contributed by atoms with Gasteiger partial charge in [-0.05, 0) is 54.5 Å². The maximum atomic E-state index is 13.5. The molecule has 234 valence electrons. The van der Waals surface area contributed by atoms with E-state index in [1.54, 1.807) is 30.2 Å². The van der Waals surface area contributed by atoms with Gasteiger partial charge in [-0.25, -0.2) is 0 Å². The van der Waals surface area contributed by atoms with Crippen LogP contribution in [0.25, 0.3) is 22.4 Å². The minimum atomic E-state index is -0.168. The predicted octanol–water partition coefficient (Wildman–Crippen LogP) is 4.95. The lowest BCUT2D eigenvalue weighted by molar-refractivity contribution is -0.132. The van der Waals surface area contributed by atoms with Crippen LogP contribution in [0.15, 0.2) is 91.0 Å². The summed E-state index contributed by atoms with van der Waals surface area (Å²) in [5.41, 5.74) is 4.68. The number of aromatic nitrogens is 2. The number of benzene rings is 3. The summed E-state index contributed by atoms with van der Waals surface area (Å²) >= 11 is 0. The van der Waals surface area contributed by atoms with E-state index < -0.39 is 0 Å². The van der Waals surface area contributed by atoms with Crippen LogP contribution in [0.4, 0.5) is 5.82 Å². The summed E-state index contributed by atoms with van der Waals surface area (Å²) in [5, 5.41) is 9.01. The molecule has 1 aliphatic heterocycles. The number of anilines is 1. The van der Waals surface area contributed by atoms with E-state index in [-0.39, 0.29) is 18.4 Å². The van der Waals surface area contributed by atoms with Crippen LogP contribution in [0.1, 0.15) is 24.2 Å². The molecule has 1 saturated heterocycles. The molecule has 3 aromatic carbocycles. The van der Waals surface area contributed by atoms with Gasteiger partial charge in [0.25, 0.3) is 5.91 Å². The van der Waals surface area contributed by atoms with Crippen LogP contribution in [0.3, 0.4) is 0 Å². The van der Waals surface area contributed by atoms with Gasteiger partial charge in [-0.15, -0.1) is 10.2 Å². The number of ether oxygens (including phenoxy) is 1. The Hall–Kier alpha value is -4.76. The lowest BCUT2D eigenvalue weighted by Crippen LogP contribution is -2.52. The maximum Gasteiger partial charge on any atom is 0.254 e. The van der Waals surface area contributed by atoms with Crippen LogP contribution in [-0.2, 0) is 4.79 Å². The quantitative estimate of drug-likeness (QED) is 0.226. The molecule has 1 aliphatic rings. The molecule has 1 fully saturated rings. The Kier molecular flexibility index (Phi) is 10.8. The van der Waals surface area contributed by atoms with Crippen molar-refractivity contribution < 1.29 is 14.3 Å². The Morgan fingerprint density at radius 1 is 0.756 bits per heavy atom. The fraction of sp³-hybridized carbons (Fsp3) is 0.333. The van der Waals surface area contributed by atoms with Crippen molar-refractivity contribution in [3.8, 4) is 28.1 Å². The minimum Gasteiger partial charge on any atom is -0.497 e. The lowest BCUT2D eigenvalue weighted by atomic mass is 10.0. The summed E-state index contributed by atoms with van der Waals surface area (Å²) in [6.45, 7) is 9.60. The summed E-state index contributed by atoms with van der Waals surface area (Å²) < 4.78 is 5.32. The molecule has 5 rings (SSSR count). The van der Waals surface area contributed by atoms with Gasteiger partial charge in [-0.3, -0.25) is 9.59 Å². The Morgan fingerprint density at radius 2 is 1.44 bits per heavy atom. The normalized spacial score (nSPS) is 13.2. The number of nitrogens with zero attached hydrogens (tertiary/aromatic N) is 6. The third-order valence-corrected chi connectivity index (χ3v) is 8.41. The summed E-state index contributed by atoms with van der Waals surface area (Å²) in [5.74, 6) is 1.19. The molecule has 0 N–H and O–H groups in total. The lowest BCUT2D eigenvalue weighted by Gasteiger charge is -2.36. The third-order valence-electron chi connectivity index (χ3n) is 8.41. The van der Waals surface area contributed by atoms with Crippen LogP contribution in [0.5, 0.6) is 5.75 Å². The van der Waals surface area contributed by atoms with Gasteiger partial charge in [0.2, 0.25) is 5.91 Å².